The molecule has 0 amide bonds. The van der Waals surface area contributed by atoms with E-state index in [0.717, 1.165) is 5.56 Å². The Balaban J connectivity index is 2.21. The molecule has 90 valence electrons. The van der Waals surface area contributed by atoms with Crippen molar-refractivity contribution >= 4 is 5.97 Å². The topological polar surface area (TPSA) is 42.1 Å². The van der Waals surface area contributed by atoms with E-state index in [-0.39, 0.29) is 12.8 Å². The van der Waals surface area contributed by atoms with Gasteiger partial charge in [-0.2, -0.15) is 0 Å². The molecule has 1 N–H and O–H groups in total. The van der Waals surface area contributed by atoms with Gasteiger partial charge < -0.3 is 0 Å². The molecule has 0 aliphatic heterocycles. The first-order valence-electron chi connectivity index (χ1n) is 4.81. The fourth-order valence-corrected chi connectivity index (χ4v) is 2.44. The van der Waals surface area contributed by atoms with E-state index in [1.165, 1.54) is 0 Å². The molecule has 1 aliphatic carbocycles. The van der Waals surface area contributed by atoms with Gasteiger partial charge in [0.15, 0.2) is 0 Å². The molecule has 16 heavy (non-hydrogen) atoms. The summed E-state index contributed by atoms with van der Waals surface area (Å²) in [7, 11) is 0. The van der Waals surface area contributed by atoms with Gasteiger partial charge >= 0.3 is 102 Å². The Kier molecular flexibility index (Phi) is 3.18. The third-order valence-corrected chi connectivity index (χ3v) is 3.39. The van der Waals surface area contributed by atoms with Crippen molar-refractivity contribution in [2.24, 2.45) is 0 Å². The fourth-order valence-electron chi connectivity index (χ4n) is 1.81. The summed E-state index contributed by atoms with van der Waals surface area (Å²) in [6.07, 6.45) is -0.142. The molecule has 2 rings (SSSR count). The van der Waals surface area contributed by atoms with Crippen molar-refractivity contribution in [2.75, 3.05) is 4.93 Å². The normalized spacial score (nSPS) is 18.2. The summed E-state index contributed by atoms with van der Waals surface area (Å²) in [5.41, 5.74) is 1.58. The van der Waals surface area contributed by atoms with Gasteiger partial charge in [-0.15, -0.1) is 0 Å². The molecule has 1 aromatic rings. The summed E-state index contributed by atoms with van der Waals surface area (Å²) in [6.45, 7) is 0. The van der Waals surface area contributed by atoms with Crippen LogP contribution in [0.5, 0.6) is 0 Å². The van der Waals surface area contributed by atoms with Crippen molar-refractivity contribution in [1.29, 1.82) is 0 Å². The second-order valence-electron chi connectivity index (χ2n) is 3.74. The first-order valence-corrected chi connectivity index (χ1v) is 7.85. The van der Waals surface area contributed by atoms with Crippen LogP contribution in [0, 0.1) is 0 Å². The Bertz CT molecular complexity index is 417. The van der Waals surface area contributed by atoms with Gasteiger partial charge in [0.1, 0.15) is 0 Å². The monoisotopic (exact) mass is 342 g/mol. The molecule has 0 aromatic carbocycles. The molecular formula is C10H11F2INO2-. The predicted octanol–water partition coefficient (Wildman–Crippen LogP) is -1.07. The summed E-state index contributed by atoms with van der Waals surface area (Å²) >= 11 is -0.590. The van der Waals surface area contributed by atoms with Crippen molar-refractivity contribution in [1.82, 2.24) is 4.98 Å². The van der Waals surface area contributed by atoms with Crippen LogP contribution in [0.15, 0.2) is 6.07 Å². The van der Waals surface area contributed by atoms with Crippen LogP contribution in [0.25, 0.3) is 0 Å². The van der Waals surface area contributed by atoms with Gasteiger partial charge in [0.25, 0.3) is 0 Å². The SMILES string of the molecule is C[I-]OC(=O)c1cc2c([nH]1)CC(F)(F)CC2. The van der Waals surface area contributed by atoms with Crippen LogP contribution in [0.1, 0.15) is 28.2 Å². The van der Waals surface area contributed by atoms with E-state index in [4.69, 9.17) is 3.07 Å². The second kappa shape index (κ2) is 4.31. The maximum atomic E-state index is 13.1. The summed E-state index contributed by atoms with van der Waals surface area (Å²) < 4.78 is 31.1. The number of fused-ring (bicyclic) bond motifs is 1. The van der Waals surface area contributed by atoms with Gasteiger partial charge in [0.05, 0.1) is 0 Å². The van der Waals surface area contributed by atoms with Gasteiger partial charge in [-0.25, -0.2) is 0 Å². The zero-order chi connectivity index (χ0) is 11.8. The number of rotatable bonds is 2. The molecule has 1 aromatic heterocycles. The standard InChI is InChI=1S/C10H11F2INO2/c1-13-16-9(15)7-4-6-2-3-10(11,12)5-8(6)14-7/h4,14H,2-3,5H2,1H3/q-1. The van der Waals surface area contributed by atoms with Crippen molar-refractivity contribution < 1.29 is 38.3 Å². The maximum absolute atomic E-state index is 13.1. The molecular weight excluding hydrogens is 331 g/mol. The van der Waals surface area contributed by atoms with E-state index >= 15 is 0 Å². The molecule has 1 heterocycles. The Hall–Kier alpha value is -0.660. The minimum absolute atomic E-state index is 0.146. The number of carbonyl (C=O) groups excluding carboxylic acids is 1. The first kappa shape index (κ1) is 11.8. The Morgan fingerprint density at radius 3 is 3.06 bits per heavy atom. The Labute approximate surface area is 102 Å². The van der Waals surface area contributed by atoms with E-state index in [0.29, 0.717) is 17.8 Å². The van der Waals surface area contributed by atoms with Gasteiger partial charge in [-0.05, 0) is 0 Å². The van der Waals surface area contributed by atoms with Gasteiger partial charge in [0.2, 0.25) is 0 Å². The van der Waals surface area contributed by atoms with Crippen LogP contribution in [-0.4, -0.2) is 21.8 Å². The van der Waals surface area contributed by atoms with E-state index in [9.17, 15) is 13.6 Å². The van der Waals surface area contributed by atoms with Gasteiger partial charge in [0, 0.05) is 0 Å². The predicted molar refractivity (Wildman–Crippen MR) is 49.1 cm³/mol. The zero-order valence-electron chi connectivity index (χ0n) is 8.65. The van der Waals surface area contributed by atoms with E-state index in [1.54, 1.807) is 6.07 Å². The molecule has 0 radical (unpaired) electrons. The summed E-state index contributed by atoms with van der Waals surface area (Å²) in [4.78, 5) is 16.0. The number of halogens is 3. The van der Waals surface area contributed by atoms with Crippen LogP contribution >= 0.6 is 0 Å². The van der Waals surface area contributed by atoms with E-state index < -0.39 is 33.5 Å². The van der Waals surface area contributed by atoms with Crippen LogP contribution in [0.2, 0.25) is 0 Å². The van der Waals surface area contributed by atoms with Crippen LogP contribution < -0.4 is 21.6 Å². The van der Waals surface area contributed by atoms with Gasteiger partial charge in [-0.1, -0.05) is 0 Å². The molecule has 3 nitrogen and oxygen atoms in total. The summed E-state index contributed by atoms with van der Waals surface area (Å²) in [5.74, 6) is -3.09. The number of nitrogens with one attached hydrogen (secondary N) is 1. The second-order valence-corrected chi connectivity index (χ2v) is 5.06. The molecule has 0 atom stereocenters. The molecule has 0 unspecified atom stereocenters. The molecule has 0 bridgehead atoms. The first-order chi connectivity index (χ1) is 7.52. The van der Waals surface area contributed by atoms with Crippen molar-refractivity contribution in [2.45, 2.75) is 25.2 Å². The third kappa shape index (κ3) is 2.36. The van der Waals surface area contributed by atoms with Crippen molar-refractivity contribution in [3.8, 4) is 0 Å². The number of carbonyl (C=O) groups is 1. The number of hydrogen-bond acceptors (Lipinski definition) is 2. The zero-order valence-corrected chi connectivity index (χ0v) is 10.8. The number of aryl methyl sites for hydroxylation is 1. The number of aromatic amines is 1. The van der Waals surface area contributed by atoms with Crippen LogP contribution in [-0.2, 0) is 15.9 Å². The summed E-state index contributed by atoms with van der Waals surface area (Å²) in [6, 6.07) is 1.63. The average Bonchev–Trinajstić information content (AvgIpc) is 2.59. The number of aromatic nitrogens is 1. The Morgan fingerprint density at radius 2 is 2.38 bits per heavy atom. The fraction of sp³-hybridized carbons (Fsp3) is 0.500. The van der Waals surface area contributed by atoms with Crippen LogP contribution in [0.3, 0.4) is 0 Å². The summed E-state index contributed by atoms with van der Waals surface area (Å²) in [5, 5.41) is 0. The average molecular weight is 342 g/mol. The third-order valence-electron chi connectivity index (χ3n) is 2.55. The minimum atomic E-state index is -2.66. The molecule has 0 fully saturated rings. The molecule has 0 saturated carbocycles. The number of H-pyrrole nitrogens is 1. The molecule has 6 heteroatoms. The van der Waals surface area contributed by atoms with Gasteiger partial charge in [-0.3, -0.25) is 0 Å². The molecule has 0 spiro atoms. The van der Waals surface area contributed by atoms with Crippen LogP contribution in [0.4, 0.5) is 8.78 Å². The number of hydrogen-bond donors (Lipinski definition) is 1. The molecule has 0 saturated heterocycles. The van der Waals surface area contributed by atoms with E-state index in [2.05, 4.69) is 4.98 Å². The van der Waals surface area contributed by atoms with Crippen molar-refractivity contribution in [3.63, 3.8) is 0 Å². The number of alkyl halides is 3. The van der Waals surface area contributed by atoms with Crippen molar-refractivity contribution in [3.05, 3.63) is 23.0 Å². The Morgan fingerprint density at radius 1 is 1.62 bits per heavy atom. The molecule has 1 aliphatic rings. The quantitative estimate of drug-likeness (QED) is 0.550. The van der Waals surface area contributed by atoms with E-state index in [1.807, 2.05) is 4.93 Å².